The van der Waals surface area contributed by atoms with Crippen molar-refractivity contribution < 1.29 is 0 Å². The van der Waals surface area contributed by atoms with Crippen LogP contribution in [0.1, 0.15) is 22.7 Å². The molecule has 78 valence electrons. The van der Waals surface area contributed by atoms with E-state index in [0.717, 1.165) is 21.2 Å². The van der Waals surface area contributed by atoms with E-state index >= 15 is 0 Å². The summed E-state index contributed by atoms with van der Waals surface area (Å²) in [7, 11) is 0. The maximum atomic E-state index is 6.21. The van der Waals surface area contributed by atoms with Gasteiger partial charge < -0.3 is 5.73 Å². The van der Waals surface area contributed by atoms with Gasteiger partial charge in [0.2, 0.25) is 0 Å². The molecule has 2 N–H and O–H groups in total. The fraction of sp³-hybridized carbons (Fsp3) is 0.182. The van der Waals surface area contributed by atoms with E-state index in [-0.39, 0.29) is 6.04 Å². The number of hydrogen-bond donors (Lipinski definition) is 1. The predicted octanol–water partition coefficient (Wildman–Crippen LogP) is 3.26. The summed E-state index contributed by atoms with van der Waals surface area (Å²) in [6.07, 6.45) is 3.62. The lowest BCUT2D eigenvalue weighted by Crippen LogP contribution is -2.13. The summed E-state index contributed by atoms with van der Waals surface area (Å²) < 4.78 is 1.08. The molecule has 0 spiro atoms. The first kappa shape index (κ1) is 10.8. The number of aryl methyl sites for hydroxylation is 1. The van der Waals surface area contributed by atoms with Crippen molar-refractivity contribution in [1.82, 2.24) is 4.98 Å². The van der Waals surface area contributed by atoms with Crippen molar-refractivity contribution in [2.75, 3.05) is 0 Å². The number of aromatic nitrogens is 1. The van der Waals surface area contributed by atoms with Crippen LogP contribution < -0.4 is 5.73 Å². The van der Waals surface area contributed by atoms with Crippen molar-refractivity contribution in [2.24, 2.45) is 5.73 Å². The number of thiophene rings is 1. The van der Waals surface area contributed by atoms with Gasteiger partial charge in [-0.25, -0.2) is 0 Å². The Hall–Kier alpha value is -0.710. The summed E-state index contributed by atoms with van der Waals surface area (Å²) in [5.74, 6) is 0. The molecule has 0 amide bonds. The van der Waals surface area contributed by atoms with Gasteiger partial charge in [0.1, 0.15) is 0 Å². The zero-order valence-corrected chi connectivity index (χ0v) is 10.7. The zero-order chi connectivity index (χ0) is 10.8. The molecule has 15 heavy (non-hydrogen) atoms. The van der Waals surface area contributed by atoms with Crippen molar-refractivity contribution in [3.05, 3.63) is 50.4 Å². The molecule has 0 saturated carbocycles. The number of hydrogen-bond acceptors (Lipinski definition) is 3. The highest BCUT2D eigenvalue weighted by Gasteiger charge is 2.14. The molecule has 4 heteroatoms. The highest BCUT2D eigenvalue weighted by atomic mass is 79.9. The molecule has 2 aromatic rings. The van der Waals surface area contributed by atoms with Gasteiger partial charge in [-0.3, -0.25) is 4.98 Å². The molecule has 2 nitrogen and oxygen atoms in total. The highest BCUT2D eigenvalue weighted by molar-refractivity contribution is 9.10. The molecule has 0 aliphatic heterocycles. The molecule has 0 aliphatic carbocycles. The van der Waals surface area contributed by atoms with Crippen LogP contribution in [-0.2, 0) is 0 Å². The Balaban J connectivity index is 2.41. The fourth-order valence-corrected chi connectivity index (χ4v) is 3.09. The van der Waals surface area contributed by atoms with Crippen LogP contribution in [0.3, 0.4) is 0 Å². The lowest BCUT2D eigenvalue weighted by Gasteiger charge is -2.13. The molecule has 0 bridgehead atoms. The normalized spacial score (nSPS) is 12.7. The lowest BCUT2D eigenvalue weighted by atomic mass is 10.00. The largest absolute Gasteiger partial charge is 0.320 e. The van der Waals surface area contributed by atoms with Gasteiger partial charge in [0.25, 0.3) is 0 Å². The minimum atomic E-state index is -0.0753. The highest BCUT2D eigenvalue weighted by Crippen LogP contribution is 2.30. The Labute approximate surface area is 101 Å². The lowest BCUT2D eigenvalue weighted by molar-refractivity contribution is 0.857. The van der Waals surface area contributed by atoms with Gasteiger partial charge in [-0.1, -0.05) is 0 Å². The van der Waals surface area contributed by atoms with Crippen LogP contribution >= 0.6 is 27.3 Å². The molecule has 2 rings (SSSR count). The van der Waals surface area contributed by atoms with E-state index < -0.39 is 0 Å². The van der Waals surface area contributed by atoms with Crippen molar-refractivity contribution in [1.29, 1.82) is 0 Å². The summed E-state index contributed by atoms with van der Waals surface area (Å²) in [6.45, 7) is 2.03. The zero-order valence-electron chi connectivity index (χ0n) is 8.27. The maximum Gasteiger partial charge on any atom is 0.0574 e. The second kappa shape index (κ2) is 4.43. The first-order valence-electron chi connectivity index (χ1n) is 4.58. The molecule has 1 atom stereocenters. The number of pyridine rings is 1. The molecule has 0 aromatic carbocycles. The molecular weight excluding hydrogens is 272 g/mol. The van der Waals surface area contributed by atoms with Crippen molar-refractivity contribution in [3.63, 3.8) is 0 Å². The summed E-state index contributed by atoms with van der Waals surface area (Å²) in [4.78, 5) is 4.07. The Bertz CT molecular complexity index is 467. The van der Waals surface area contributed by atoms with E-state index in [9.17, 15) is 0 Å². The molecule has 0 fully saturated rings. The van der Waals surface area contributed by atoms with Crippen LogP contribution in [0, 0.1) is 6.92 Å². The smallest absolute Gasteiger partial charge is 0.0574 e. The van der Waals surface area contributed by atoms with Gasteiger partial charge in [0.05, 0.1) is 6.04 Å². The van der Waals surface area contributed by atoms with E-state index in [4.69, 9.17) is 5.73 Å². The Kier molecular flexibility index (Phi) is 3.19. The van der Waals surface area contributed by atoms with Gasteiger partial charge in [-0.05, 0) is 51.0 Å². The minimum Gasteiger partial charge on any atom is -0.320 e. The van der Waals surface area contributed by atoms with E-state index in [0.29, 0.717) is 0 Å². The van der Waals surface area contributed by atoms with E-state index in [2.05, 4.69) is 26.3 Å². The van der Waals surface area contributed by atoms with Crippen molar-refractivity contribution >= 4 is 27.3 Å². The molecule has 2 aromatic heterocycles. The monoisotopic (exact) mass is 282 g/mol. The van der Waals surface area contributed by atoms with Crippen molar-refractivity contribution in [3.8, 4) is 0 Å². The van der Waals surface area contributed by atoms with Gasteiger partial charge in [-0.15, -0.1) is 0 Å². The number of nitrogens with two attached hydrogens (primary N) is 1. The fourth-order valence-electron chi connectivity index (χ4n) is 1.51. The molecule has 1 unspecified atom stereocenters. The minimum absolute atomic E-state index is 0.0753. The molecule has 0 radical (unpaired) electrons. The van der Waals surface area contributed by atoms with Gasteiger partial charge in [0.15, 0.2) is 0 Å². The second-order valence-electron chi connectivity index (χ2n) is 3.38. The average Bonchev–Trinajstić information content (AvgIpc) is 2.64. The first-order chi connectivity index (χ1) is 7.20. The molecule has 2 heterocycles. The van der Waals surface area contributed by atoms with E-state index in [1.54, 1.807) is 17.5 Å². The third-order valence-corrected chi connectivity index (χ3v) is 4.13. The van der Waals surface area contributed by atoms with Crippen LogP contribution in [0.2, 0.25) is 0 Å². The topological polar surface area (TPSA) is 38.9 Å². The van der Waals surface area contributed by atoms with Crippen molar-refractivity contribution in [2.45, 2.75) is 13.0 Å². The average molecular weight is 283 g/mol. The Morgan fingerprint density at radius 3 is 2.80 bits per heavy atom. The van der Waals surface area contributed by atoms with Crippen LogP contribution in [0.25, 0.3) is 0 Å². The molecule has 0 aliphatic rings. The number of rotatable bonds is 2. The quantitative estimate of drug-likeness (QED) is 0.918. The van der Waals surface area contributed by atoms with Gasteiger partial charge in [0, 0.05) is 22.2 Å². The molecule has 0 saturated heterocycles. The summed E-state index contributed by atoms with van der Waals surface area (Å²) >= 11 is 5.16. The SMILES string of the molecule is Cc1cnccc1C(N)c1cscc1Br. The number of nitrogens with zero attached hydrogens (tertiary/aromatic N) is 1. The van der Waals surface area contributed by atoms with Crippen LogP contribution in [0.15, 0.2) is 33.7 Å². The summed E-state index contributed by atoms with van der Waals surface area (Å²) in [5.41, 5.74) is 9.60. The second-order valence-corrected chi connectivity index (χ2v) is 4.98. The van der Waals surface area contributed by atoms with Crippen LogP contribution in [0.4, 0.5) is 0 Å². The Morgan fingerprint density at radius 1 is 1.40 bits per heavy atom. The van der Waals surface area contributed by atoms with Crippen LogP contribution in [-0.4, -0.2) is 4.98 Å². The standard InChI is InChI=1S/C11H11BrN2S/c1-7-4-14-3-2-8(7)11(13)9-5-15-6-10(9)12/h2-6,11H,13H2,1H3. The third kappa shape index (κ3) is 2.12. The summed E-state index contributed by atoms with van der Waals surface area (Å²) in [5, 5.41) is 4.13. The first-order valence-corrected chi connectivity index (χ1v) is 6.31. The van der Waals surface area contributed by atoms with Gasteiger partial charge in [-0.2, -0.15) is 11.3 Å². The maximum absolute atomic E-state index is 6.21. The van der Waals surface area contributed by atoms with Crippen LogP contribution in [0.5, 0.6) is 0 Å². The molecular formula is C11H11BrN2S. The third-order valence-electron chi connectivity index (χ3n) is 2.38. The van der Waals surface area contributed by atoms with E-state index in [1.165, 1.54) is 0 Å². The predicted molar refractivity (Wildman–Crippen MR) is 67.0 cm³/mol. The number of halogens is 1. The van der Waals surface area contributed by atoms with Gasteiger partial charge >= 0.3 is 0 Å². The Morgan fingerprint density at radius 2 is 2.20 bits per heavy atom. The summed E-state index contributed by atoms with van der Waals surface area (Å²) in [6, 6.07) is 1.90. The van der Waals surface area contributed by atoms with E-state index in [1.807, 2.05) is 24.6 Å².